The van der Waals surface area contributed by atoms with Gasteiger partial charge in [-0.05, 0) is 72.7 Å². The van der Waals surface area contributed by atoms with E-state index in [0.717, 1.165) is 5.56 Å². The molecule has 2 bridgehead atoms. The molecule has 3 heterocycles. The lowest BCUT2D eigenvalue weighted by Gasteiger charge is -2.22. The van der Waals surface area contributed by atoms with Gasteiger partial charge in [-0.3, -0.25) is 9.59 Å². The van der Waals surface area contributed by atoms with E-state index in [1.807, 2.05) is 18.2 Å². The number of methoxy groups -OCH3 is 1. The average molecular weight is 648 g/mol. The number of anilines is 2. The first kappa shape index (κ1) is 32.2. The zero-order chi connectivity index (χ0) is 32.5. The highest BCUT2D eigenvalue weighted by Gasteiger charge is 2.25. The van der Waals surface area contributed by atoms with Crippen LogP contribution >= 0.6 is 11.6 Å². The number of aromatic nitrogens is 6. The molecule has 14 nitrogen and oxygen atoms in total. The molecule has 240 valence electrons. The van der Waals surface area contributed by atoms with Crippen molar-refractivity contribution in [3.63, 3.8) is 0 Å². The molecule has 0 fully saturated rings. The van der Waals surface area contributed by atoms with Crippen LogP contribution < -0.4 is 16.0 Å². The Morgan fingerprint density at radius 2 is 2.00 bits per heavy atom. The lowest BCUT2D eigenvalue weighted by atomic mass is 10.0. The van der Waals surface area contributed by atoms with E-state index in [2.05, 4.69) is 36.5 Å². The maximum atomic E-state index is 13.2. The summed E-state index contributed by atoms with van der Waals surface area (Å²) >= 11 is 6.22. The number of nitrogens with zero attached hydrogens (tertiary/aromatic N) is 5. The van der Waals surface area contributed by atoms with E-state index >= 15 is 0 Å². The van der Waals surface area contributed by atoms with Gasteiger partial charge >= 0.3 is 11.9 Å². The van der Waals surface area contributed by atoms with Gasteiger partial charge in [0.2, 0.25) is 5.91 Å². The zero-order valence-corrected chi connectivity index (χ0v) is 26.1. The summed E-state index contributed by atoms with van der Waals surface area (Å²) in [4.78, 5) is 45.9. The lowest BCUT2D eigenvalue weighted by molar-refractivity contribution is -0.144. The third kappa shape index (κ3) is 8.07. The predicted octanol–water partition coefficient (Wildman–Crippen LogP) is 4.08. The maximum Gasteiger partial charge on any atom is 0.328 e. The Kier molecular flexibility index (Phi) is 10.6. The predicted molar refractivity (Wildman–Crippen MR) is 171 cm³/mol. The summed E-state index contributed by atoms with van der Waals surface area (Å²) < 4.78 is 11.6. The van der Waals surface area contributed by atoms with Crippen molar-refractivity contribution in [3.05, 3.63) is 71.4 Å². The number of ether oxygens (including phenoxy) is 2. The molecule has 0 radical (unpaired) electrons. The number of hydrogen-bond donors (Lipinski definition) is 4. The number of carbonyl (C=O) groups excluding carboxylic acids is 3. The molecule has 2 aromatic carbocycles. The van der Waals surface area contributed by atoms with Crippen LogP contribution in [-0.2, 0) is 23.9 Å². The fourth-order valence-electron chi connectivity index (χ4n) is 5.07. The van der Waals surface area contributed by atoms with E-state index < -0.39 is 18.1 Å². The SMILES string of the molecule is CCOC(=O)[C@@H]1CCCC[C@H](NC(=O)/C=C/c2cc(Cl)ccc2-n2cnnn2)c2nc(c[nH]2)-c2ccc(NCC(=O)OC)cc2N1. The summed E-state index contributed by atoms with van der Waals surface area (Å²) in [6.45, 7) is 2.00. The minimum atomic E-state index is -0.615. The molecular weight excluding hydrogens is 614 g/mol. The van der Waals surface area contributed by atoms with Crippen molar-refractivity contribution < 1.29 is 23.9 Å². The molecule has 0 spiro atoms. The van der Waals surface area contributed by atoms with Gasteiger partial charge in [0.25, 0.3) is 0 Å². The fraction of sp³-hybridized carbons (Fsp3) is 0.323. The topological polar surface area (TPSA) is 178 Å². The van der Waals surface area contributed by atoms with Gasteiger partial charge in [-0.1, -0.05) is 24.4 Å². The van der Waals surface area contributed by atoms with E-state index in [-0.39, 0.29) is 25.0 Å². The maximum absolute atomic E-state index is 13.2. The number of aromatic amines is 1. The van der Waals surface area contributed by atoms with E-state index in [1.165, 1.54) is 24.2 Å². The largest absolute Gasteiger partial charge is 0.468 e. The molecule has 1 aliphatic rings. The van der Waals surface area contributed by atoms with Crippen LogP contribution in [0.25, 0.3) is 23.0 Å². The molecule has 15 heteroatoms. The van der Waals surface area contributed by atoms with Crippen LogP contribution in [0.2, 0.25) is 5.02 Å². The van der Waals surface area contributed by atoms with E-state index in [4.69, 9.17) is 26.1 Å². The highest BCUT2D eigenvalue weighted by molar-refractivity contribution is 6.30. The van der Waals surface area contributed by atoms with Crippen molar-refractivity contribution in [2.75, 3.05) is 30.9 Å². The first-order valence-electron chi connectivity index (χ1n) is 14.8. The van der Waals surface area contributed by atoms with Crippen molar-refractivity contribution in [2.45, 2.75) is 44.7 Å². The molecule has 1 aliphatic heterocycles. The van der Waals surface area contributed by atoms with Crippen molar-refractivity contribution in [3.8, 4) is 16.9 Å². The fourth-order valence-corrected chi connectivity index (χ4v) is 5.26. The monoisotopic (exact) mass is 647 g/mol. The number of hydrogen-bond acceptors (Lipinski definition) is 11. The van der Waals surface area contributed by atoms with Crippen LogP contribution in [0.1, 0.15) is 50.0 Å². The first-order chi connectivity index (χ1) is 22.3. The Hall–Kier alpha value is -5.24. The molecule has 2 aromatic heterocycles. The average Bonchev–Trinajstić information content (AvgIpc) is 3.77. The number of nitrogens with one attached hydrogen (secondary N) is 4. The van der Waals surface area contributed by atoms with Crippen LogP contribution in [-0.4, -0.2) is 74.3 Å². The van der Waals surface area contributed by atoms with Crippen molar-refractivity contribution in [1.82, 2.24) is 35.5 Å². The second-order valence-electron chi connectivity index (χ2n) is 10.4. The number of tetrazole rings is 1. The Morgan fingerprint density at radius 3 is 2.78 bits per heavy atom. The highest BCUT2D eigenvalue weighted by atomic mass is 35.5. The summed E-state index contributed by atoms with van der Waals surface area (Å²) in [6.07, 6.45) is 8.77. The number of fused-ring (bicyclic) bond motifs is 4. The quantitative estimate of drug-likeness (QED) is 0.152. The molecule has 0 unspecified atom stereocenters. The smallest absolute Gasteiger partial charge is 0.328 e. The molecule has 0 saturated carbocycles. The number of amides is 1. The molecule has 5 rings (SSSR count). The van der Waals surface area contributed by atoms with Gasteiger partial charge in [0.15, 0.2) is 0 Å². The van der Waals surface area contributed by atoms with E-state index in [0.29, 0.717) is 64.8 Å². The van der Waals surface area contributed by atoms with E-state index in [9.17, 15) is 14.4 Å². The second-order valence-corrected chi connectivity index (χ2v) is 10.9. The van der Waals surface area contributed by atoms with Crippen LogP contribution in [0.3, 0.4) is 0 Å². The van der Waals surface area contributed by atoms with Crippen LogP contribution in [0, 0.1) is 0 Å². The van der Waals surface area contributed by atoms with Gasteiger partial charge in [-0.15, -0.1) is 5.10 Å². The Labute approximate surface area is 269 Å². The number of carbonyl (C=O) groups is 3. The van der Waals surface area contributed by atoms with Crippen molar-refractivity contribution in [1.29, 1.82) is 0 Å². The molecule has 4 aromatic rings. The third-order valence-corrected chi connectivity index (χ3v) is 7.58. The Morgan fingerprint density at radius 1 is 1.15 bits per heavy atom. The number of benzene rings is 2. The lowest BCUT2D eigenvalue weighted by Crippen LogP contribution is -2.32. The summed E-state index contributed by atoms with van der Waals surface area (Å²) in [5.41, 5.74) is 3.94. The molecule has 46 heavy (non-hydrogen) atoms. The second kappa shape index (κ2) is 15.2. The number of rotatable bonds is 9. The van der Waals surface area contributed by atoms with Crippen molar-refractivity contribution >= 4 is 46.9 Å². The van der Waals surface area contributed by atoms with Gasteiger partial charge in [0.1, 0.15) is 24.7 Å². The van der Waals surface area contributed by atoms with Crippen LogP contribution in [0.5, 0.6) is 0 Å². The number of halogens is 1. The third-order valence-electron chi connectivity index (χ3n) is 7.34. The zero-order valence-electron chi connectivity index (χ0n) is 25.3. The van der Waals surface area contributed by atoms with Gasteiger partial charge in [0, 0.05) is 39.8 Å². The van der Waals surface area contributed by atoms with Gasteiger partial charge in [-0.2, -0.15) is 4.68 Å². The summed E-state index contributed by atoms with van der Waals surface area (Å²) in [6, 6.07) is 9.63. The first-order valence-corrected chi connectivity index (χ1v) is 15.2. The summed E-state index contributed by atoms with van der Waals surface area (Å²) in [5, 5.41) is 21.2. The normalized spacial score (nSPS) is 16.3. The minimum absolute atomic E-state index is 0.0186. The summed E-state index contributed by atoms with van der Waals surface area (Å²) in [7, 11) is 1.32. The highest BCUT2D eigenvalue weighted by Crippen LogP contribution is 2.33. The molecule has 1 amide bonds. The minimum Gasteiger partial charge on any atom is -0.468 e. The molecule has 2 atom stereocenters. The number of esters is 2. The van der Waals surface area contributed by atoms with Crippen LogP contribution in [0.15, 0.2) is 55.0 Å². The van der Waals surface area contributed by atoms with Gasteiger partial charge in [-0.25, -0.2) is 9.78 Å². The molecular formula is C31H34ClN9O5. The summed E-state index contributed by atoms with van der Waals surface area (Å²) in [5.74, 6) is -0.510. The molecule has 0 aliphatic carbocycles. The van der Waals surface area contributed by atoms with E-state index in [1.54, 1.807) is 37.4 Å². The Bertz CT molecular complexity index is 1710. The molecule has 0 saturated heterocycles. The van der Waals surface area contributed by atoms with Crippen molar-refractivity contribution in [2.24, 2.45) is 0 Å². The van der Waals surface area contributed by atoms with Gasteiger partial charge in [0.05, 0.1) is 31.1 Å². The standard InChI is InChI=1S/C31H34ClN9O5/c1-3-46-31(44)24-7-5-4-6-23(37-28(42)13-8-19-14-20(32)9-12-27(19)41-18-35-39-40-41)30-34-16-26(38-30)22-11-10-21(15-25(22)36-24)33-17-29(43)45-2/h8-16,18,23-24,33,36H,3-7,17H2,1-2H3,(H,34,38)(H,37,42)/b13-8+/t23-,24-/m0/s1. The number of H-pyrrole nitrogens is 1. The van der Waals surface area contributed by atoms with Crippen LogP contribution in [0.4, 0.5) is 11.4 Å². The van der Waals surface area contributed by atoms with Gasteiger partial charge < -0.3 is 30.4 Å². The number of imidazole rings is 1. The molecule has 4 N–H and O–H groups in total. The Balaban J connectivity index is 1.40.